The third-order valence-electron chi connectivity index (χ3n) is 1.40. The number of hydrogen-bond acceptors (Lipinski definition) is 2. The molecule has 2 nitrogen and oxygen atoms in total. The van der Waals surface area contributed by atoms with E-state index in [9.17, 15) is 5.11 Å². The van der Waals surface area contributed by atoms with Crippen LogP contribution in [0.25, 0.3) is 0 Å². The first-order valence-electron chi connectivity index (χ1n) is 4.51. The van der Waals surface area contributed by atoms with E-state index in [0.717, 1.165) is 13.1 Å². The molecule has 0 aliphatic rings. The van der Waals surface area contributed by atoms with Crippen LogP contribution in [0.15, 0.2) is 0 Å². The Labute approximate surface area is 76.6 Å². The largest absolute Gasteiger partial charge is 0.389 e. The SMILES string of the molecule is CN(CC(C)(C)C)CC(C)(C)O. The second kappa shape index (κ2) is 3.75. The number of likely N-dealkylation sites (N-methyl/N-ethyl adjacent to an activating group) is 1. The van der Waals surface area contributed by atoms with Gasteiger partial charge in [-0.15, -0.1) is 0 Å². The smallest absolute Gasteiger partial charge is 0.0718 e. The fourth-order valence-corrected chi connectivity index (χ4v) is 1.53. The zero-order chi connectivity index (χ0) is 9.99. The summed E-state index contributed by atoms with van der Waals surface area (Å²) in [4.78, 5) is 2.17. The number of rotatable bonds is 3. The topological polar surface area (TPSA) is 23.5 Å². The van der Waals surface area contributed by atoms with Gasteiger partial charge in [-0.2, -0.15) is 0 Å². The fraction of sp³-hybridized carbons (Fsp3) is 1.00. The van der Waals surface area contributed by atoms with Crippen molar-refractivity contribution in [2.24, 2.45) is 5.41 Å². The normalized spacial score (nSPS) is 14.0. The van der Waals surface area contributed by atoms with E-state index < -0.39 is 5.60 Å². The molecule has 12 heavy (non-hydrogen) atoms. The Balaban J connectivity index is 3.83. The average Bonchev–Trinajstić information content (AvgIpc) is 1.49. The molecule has 0 unspecified atom stereocenters. The van der Waals surface area contributed by atoms with Crippen LogP contribution in [-0.4, -0.2) is 35.7 Å². The molecule has 0 amide bonds. The molecule has 0 aromatic heterocycles. The van der Waals surface area contributed by atoms with Crippen LogP contribution in [0.2, 0.25) is 0 Å². The minimum Gasteiger partial charge on any atom is -0.389 e. The van der Waals surface area contributed by atoms with Gasteiger partial charge in [-0.3, -0.25) is 0 Å². The zero-order valence-corrected chi connectivity index (χ0v) is 9.31. The molecule has 0 heterocycles. The molecule has 0 radical (unpaired) electrons. The van der Waals surface area contributed by atoms with E-state index in [2.05, 4.69) is 25.7 Å². The summed E-state index contributed by atoms with van der Waals surface area (Å²) in [5, 5.41) is 9.54. The Morgan fingerprint density at radius 1 is 1.00 bits per heavy atom. The first kappa shape index (κ1) is 11.9. The Hall–Kier alpha value is -0.0800. The van der Waals surface area contributed by atoms with E-state index in [4.69, 9.17) is 0 Å². The summed E-state index contributed by atoms with van der Waals surface area (Å²) in [6.07, 6.45) is 0. The van der Waals surface area contributed by atoms with Crippen molar-refractivity contribution in [3.05, 3.63) is 0 Å². The molecule has 2 heteroatoms. The minimum atomic E-state index is -0.583. The van der Waals surface area contributed by atoms with Crippen LogP contribution < -0.4 is 0 Å². The molecule has 74 valence electrons. The van der Waals surface area contributed by atoms with Crippen molar-refractivity contribution in [3.8, 4) is 0 Å². The average molecular weight is 173 g/mol. The maximum absolute atomic E-state index is 9.54. The van der Waals surface area contributed by atoms with E-state index >= 15 is 0 Å². The summed E-state index contributed by atoms with van der Waals surface area (Å²) >= 11 is 0. The molecule has 0 bridgehead atoms. The second-order valence-electron chi connectivity index (χ2n) is 5.55. The predicted molar refractivity (Wildman–Crippen MR) is 53.2 cm³/mol. The molecule has 0 rings (SSSR count). The standard InChI is InChI=1S/C10H23NO/c1-9(2,3)7-11(6)8-10(4,5)12/h12H,7-8H2,1-6H3. The summed E-state index contributed by atoms with van der Waals surface area (Å²) < 4.78 is 0. The highest BCUT2D eigenvalue weighted by Crippen LogP contribution is 2.15. The Bertz CT molecular complexity index is 114. The van der Waals surface area contributed by atoms with Crippen LogP contribution >= 0.6 is 0 Å². The van der Waals surface area contributed by atoms with E-state index in [0.29, 0.717) is 5.41 Å². The minimum absolute atomic E-state index is 0.306. The lowest BCUT2D eigenvalue weighted by molar-refractivity contribution is 0.0357. The van der Waals surface area contributed by atoms with E-state index in [-0.39, 0.29) is 0 Å². The Kier molecular flexibility index (Phi) is 3.73. The molecule has 0 aliphatic heterocycles. The lowest BCUT2D eigenvalue weighted by atomic mass is 9.95. The summed E-state index contributed by atoms with van der Waals surface area (Å²) in [7, 11) is 2.04. The highest BCUT2D eigenvalue weighted by atomic mass is 16.3. The van der Waals surface area contributed by atoms with Crippen molar-refractivity contribution < 1.29 is 5.11 Å². The molecule has 0 saturated carbocycles. The lowest BCUT2D eigenvalue weighted by Crippen LogP contribution is -2.40. The van der Waals surface area contributed by atoms with Gasteiger partial charge in [0.05, 0.1) is 5.60 Å². The van der Waals surface area contributed by atoms with Gasteiger partial charge in [0.1, 0.15) is 0 Å². The molecular formula is C10H23NO. The summed E-state index contributed by atoms with van der Waals surface area (Å²) in [5.74, 6) is 0. The van der Waals surface area contributed by atoms with Gasteiger partial charge in [0, 0.05) is 13.1 Å². The van der Waals surface area contributed by atoms with Gasteiger partial charge in [0.25, 0.3) is 0 Å². The Morgan fingerprint density at radius 2 is 1.42 bits per heavy atom. The first-order valence-corrected chi connectivity index (χ1v) is 4.51. The Morgan fingerprint density at radius 3 is 1.67 bits per heavy atom. The van der Waals surface area contributed by atoms with Crippen LogP contribution in [0.1, 0.15) is 34.6 Å². The molecular weight excluding hydrogens is 150 g/mol. The van der Waals surface area contributed by atoms with Gasteiger partial charge >= 0.3 is 0 Å². The van der Waals surface area contributed by atoms with Gasteiger partial charge in [-0.05, 0) is 26.3 Å². The summed E-state index contributed by atoms with van der Waals surface area (Å²) in [6.45, 7) is 12.0. The summed E-state index contributed by atoms with van der Waals surface area (Å²) in [6, 6.07) is 0. The van der Waals surface area contributed by atoms with Gasteiger partial charge in [-0.1, -0.05) is 20.8 Å². The summed E-state index contributed by atoms with van der Waals surface area (Å²) in [5.41, 5.74) is -0.278. The van der Waals surface area contributed by atoms with Crippen molar-refractivity contribution in [3.63, 3.8) is 0 Å². The zero-order valence-electron chi connectivity index (χ0n) is 9.31. The number of nitrogens with zero attached hydrogens (tertiary/aromatic N) is 1. The van der Waals surface area contributed by atoms with Gasteiger partial charge in [-0.25, -0.2) is 0 Å². The van der Waals surface area contributed by atoms with E-state index in [1.54, 1.807) is 0 Å². The maximum Gasteiger partial charge on any atom is 0.0718 e. The van der Waals surface area contributed by atoms with Crippen molar-refractivity contribution in [1.82, 2.24) is 4.90 Å². The molecule has 0 atom stereocenters. The van der Waals surface area contributed by atoms with Gasteiger partial charge in [0.2, 0.25) is 0 Å². The van der Waals surface area contributed by atoms with Crippen LogP contribution in [-0.2, 0) is 0 Å². The lowest BCUT2D eigenvalue weighted by Gasteiger charge is -2.30. The van der Waals surface area contributed by atoms with E-state index in [1.165, 1.54) is 0 Å². The van der Waals surface area contributed by atoms with Gasteiger partial charge in [0.15, 0.2) is 0 Å². The van der Waals surface area contributed by atoms with Crippen molar-refractivity contribution in [1.29, 1.82) is 0 Å². The van der Waals surface area contributed by atoms with Crippen LogP contribution in [0.5, 0.6) is 0 Å². The molecule has 0 aromatic carbocycles. The molecule has 0 saturated heterocycles. The van der Waals surface area contributed by atoms with Crippen LogP contribution in [0.3, 0.4) is 0 Å². The third kappa shape index (κ3) is 8.02. The third-order valence-corrected chi connectivity index (χ3v) is 1.40. The molecule has 0 aromatic rings. The number of aliphatic hydroxyl groups is 1. The molecule has 0 spiro atoms. The van der Waals surface area contributed by atoms with E-state index in [1.807, 2.05) is 20.9 Å². The molecule has 0 aliphatic carbocycles. The van der Waals surface area contributed by atoms with Crippen molar-refractivity contribution in [2.75, 3.05) is 20.1 Å². The van der Waals surface area contributed by atoms with Crippen LogP contribution in [0, 0.1) is 5.41 Å². The quantitative estimate of drug-likeness (QED) is 0.702. The first-order chi connectivity index (χ1) is 5.10. The second-order valence-corrected chi connectivity index (χ2v) is 5.55. The molecule has 1 N–H and O–H groups in total. The fourth-order valence-electron chi connectivity index (χ4n) is 1.53. The maximum atomic E-state index is 9.54. The predicted octanol–water partition coefficient (Wildman–Crippen LogP) is 1.74. The van der Waals surface area contributed by atoms with Crippen molar-refractivity contribution >= 4 is 0 Å². The van der Waals surface area contributed by atoms with Crippen molar-refractivity contribution in [2.45, 2.75) is 40.2 Å². The van der Waals surface area contributed by atoms with Crippen LogP contribution in [0.4, 0.5) is 0 Å². The number of hydrogen-bond donors (Lipinski definition) is 1. The monoisotopic (exact) mass is 173 g/mol. The molecule has 0 fully saturated rings. The van der Waals surface area contributed by atoms with Gasteiger partial charge < -0.3 is 10.0 Å². The highest BCUT2D eigenvalue weighted by molar-refractivity contribution is 4.73. The highest BCUT2D eigenvalue weighted by Gasteiger charge is 2.19.